The van der Waals surface area contributed by atoms with Gasteiger partial charge >= 0.3 is 0 Å². The number of aromatic hydroxyl groups is 1. The summed E-state index contributed by atoms with van der Waals surface area (Å²) in [5, 5.41) is 18.4. The third kappa shape index (κ3) is 4.79. The predicted molar refractivity (Wildman–Crippen MR) is 113 cm³/mol. The van der Waals surface area contributed by atoms with Crippen LogP contribution < -0.4 is 5.32 Å². The molecule has 0 fully saturated rings. The highest BCUT2D eigenvalue weighted by molar-refractivity contribution is 6.31. The molecule has 3 aromatic rings. The van der Waals surface area contributed by atoms with Gasteiger partial charge in [-0.05, 0) is 52.2 Å². The molecule has 1 unspecified atom stereocenters. The van der Waals surface area contributed by atoms with Crippen LogP contribution in [0, 0.1) is 0 Å². The lowest BCUT2D eigenvalue weighted by Gasteiger charge is -2.18. The number of nitrogens with one attached hydrogen (secondary N) is 1. The van der Waals surface area contributed by atoms with Crippen molar-refractivity contribution in [3.63, 3.8) is 0 Å². The zero-order valence-electron chi connectivity index (χ0n) is 16.5. The molecule has 2 N–H and O–H groups in total. The number of hydrogen-bond acceptors (Lipinski definition) is 6. The molecule has 0 aliphatic heterocycles. The normalized spacial score (nSPS) is 12.4. The topological polar surface area (TPSA) is 79.1 Å². The molecule has 0 aliphatic carbocycles. The number of nitrogens with zero attached hydrogens (tertiary/aromatic N) is 5. The van der Waals surface area contributed by atoms with Crippen molar-refractivity contribution in [2.75, 3.05) is 26.0 Å². The highest BCUT2D eigenvalue weighted by Gasteiger charge is 2.16. The Morgan fingerprint density at radius 2 is 2.07 bits per heavy atom. The number of likely N-dealkylation sites (N-methyl/N-ethyl adjacent to an activating group) is 1. The minimum absolute atomic E-state index is 0.0991. The van der Waals surface area contributed by atoms with E-state index in [0.717, 1.165) is 29.9 Å². The highest BCUT2D eigenvalue weighted by Crippen LogP contribution is 2.33. The maximum absolute atomic E-state index is 9.94. The molecule has 0 saturated heterocycles. The van der Waals surface area contributed by atoms with Crippen LogP contribution >= 0.6 is 11.6 Å². The molecule has 0 bridgehead atoms. The second-order valence-corrected chi connectivity index (χ2v) is 7.45. The Hall–Kier alpha value is -2.64. The molecule has 1 atom stereocenters. The van der Waals surface area contributed by atoms with Crippen molar-refractivity contribution in [3.8, 4) is 28.3 Å². The molecule has 0 aliphatic rings. The van der Waals surface area contributed by atoms with E-state index in [-0.39, 0.29) is 11.8 Å². The summed E-state index contributed by atoms with van der Waals surface area (Å²) in [6.45, 7) is 5.70. The Labute approximate surface area is 170 Å². The van der Waals surface area contributed by atoms with Crippen molar-refractivity contribution >= 4 is 17.5 Å². The number of phenolic OH excluding ortho intramolecular Hbond substituents is 1. The first-order chi connectivity index (χ1) is 13.4. The summed E-state index contributed by atoms with van der Waals surface area (Å²) in [5.74, 6) is 0.665. The minimum atomic E-state index is 0.0991. The average Bonchev–Trinajstić information content (AvgIpc) is 3.05. The standard InChI is InChI=1S/C20H25ClN6O/c1-5-27-12-17(19(25-27)14-8-15(21)10-16(28)9-14)18-6-7-22-20(24-18)23-13(2)11-26(3)4/h6-10,12-13,28H,5,11H2,1-4H3,(H,22,23,24). The Balaban J connectivity index is 1.99. The second-order valence-electron chi connectivity index (χ2n) is 7.02. The maximum atomic E-state index is 9.94. The van der Waals surface area contributed by atoms with Gasteiger partial charge in [-0.1, -0.05) is 11.6 Å². The number of hydrogen-bond donors (Lipinski definition) is 2. The van der Waals surface area contributed by atoms with Crippen LogP contribution in [-0.4, -0.2) is 56.4 Å². The molecular weight excluding hydrogens is 376 g/mol. The molecule has 2 aromatic heterocycles. The van der Waals surface area contributed by atoms with E-state index >= 15 is 0 Å². The maximum Gasteiger partial charge on any atom is 0.223 e. The summed E-state index contributed by atoms with van der Waals surface area (Å²) < 4.78 is 1.84. The van der Waals surface area contributed by atoms with Crippen molar-refractivity contribution in [1.82, 2.24) is 24.6 Å². The molecular formula is C20H25ClN6O. The van der Waals surface area contributed by atoms with Crippen molar-refractivity contribution in [3.05, 3.63) is 41.7 Å². The zero-order chi connectivity index (χ0) is 20.3. The Bertz CT molecular complexity index is 935. The number of aryl methyl sites for hydroxylation is 1. The van der Waals surface area contributed by atoms with E-state index in [0.29, 0.717) is 16.7 Å². The summed E-state index contributed by atoms with van der Waals surface area (Å²) >= 11 is 6.13. The van der Waals surface area contributed by atoms with Gasteiger partial charge in [0.1, 0.15) is 11.4 Å². The SMILES string of the molecule is CCn1cc(-c2ccnc(NC(C)CN(C)C)n2)c(-c2cc(O)cc(Cl)c2)n1. The first kappa shape index (κ1) is 20.1. The van der Waals surface area contributed by atoms with E-state index in [1.807, 2.05) is 38.0 Å². The fourth-order valence-electron chi connectivity index (χ4n) is 3.09. The number of halogens is 1. The molecule has 0 radical (unpaired) electrons. The molecule has 0 saturated carbocycles. The summed E-state index contributed by atoms with van der Waals surface area (Å²) in [7, 11) is 4.06. The van der Waals surface area contributed by atoms with E-state index in [1.54, 1.807) is 18.3 Å². The van der Waals surface area contributed by atoms with E-state index in [4.69, 9.17) is 11.6 Å². The molecule has 148 valence electrons. The molecule has 0 spiro atoms. The minimum Gasteiger partial charge on any atom is -0.508 e. The molecule has 8 heteroatoms. The summed E-state index contributed by atoms with van der Waals surface area (Å²) in [6.07, 6.45) is 3.68. The third-order valence-electron chi connectivity index (χ3n) is 4.19. The van der Waals surface area contributed by atoms with Crippen LogP contribution in [-0.2, 0) is 6.54 Å². The van der Waals surface area contributed by atoms with Crippen LogP contribution in [0.4, 0.5) is 5.95 Å². The van der Waals surface area contributed by atoms with Gasteiger partial charge in [0.25, 0.3) is 0 Å². The van der Waals surface area contributed by atoms with Gasteiger partial charge in [-0.15, -0.1) is 0 Å². The average molecular weight is 401 g/mol. The molecule has 1 aromatic carbocycles. The zero-order valence-corrected chi connectivity index (χ0v) is 17.3. The molecule has 0 amide bonds. The highest BCUT2D eigenvalue weighted by atomic mass is 35.5. The predicted octanol–water partition coefficient (Wildman–Crippen LogP) is 3.75. The van der Waals surface area contributed by atoms with Crippen molar-refractivity contribution in [2.24, 2.45) is 0 Å². The lowest BCUT2D eigenvalue weighted by molar-refractivity contribution is 0.391. The van der Waals surface area contributed by atoms with Crippen LogP contribution in [0.15, 0.2) is 36.7 Å². The summed E-state index contributed by atoms with van der Waals surface area (Å²) in [4.78, 5) is 11.1. The number of aromatic nitrogens is 4. The van der Waals surface area contributed by atoms with Crippen molar-refractivity contribution in [1.29, 1.82) is 0 Å². The lowest BCUT2D eigenvalue weighted by Crippen LogP contribution is -2.30. The van der Waals surface area contributed by atoms with Gasteiger partial charge in [-0.3, -0.25) is 4.68 Å². The molecule has 3 rings (SSSR count). The van der Waals surface area contributed by atoms with Gasteiger partial charge in [0, 0.05) is 47.7 Å². The first-order valence-electron chi connectivity index (χ1n) is 9.17. The third-order valence-corrected chi connectivity index (χ3v) is 4.41. The van der Waals surface area contributed by atoms with Gasteiger partial charge in [-0.2, -0.15) is 5.10 Å². The monoisotopic (exact) mass is 400 g/mol. The van der Waals surface area contributed by atoms with Crippen LogP contribution in [0.3, 0.4) is 0 Å². The van der Waals surface area contributed by atoms with Crippen molar-refractivity contribution in [2.45, 2.75) is 26.4 Å². The fourth-order valence-corrected chi connectivity index (χ4v) is 3.32. The van der Waals surface area contributed by atoms with Crippen LogP contribution in [0.25, 0.3) is 22.5 Å². The molecule has 28 heavy (non-hydrogen) atoms. The van der Waals surface area contributed by atoms with Crippen LogP contribution in [0.5, 0.6) is 5.75 Å². The fraction of sp³-hybridized carbons (Fsp3) is 0.350. The summed E-state index contributed by atoms with van der Waals surface area (Å²) in [5.41, 5.74) is 3.06. The van der Waals surface area contributed by atoms with Gasteiger partial charge in [0.2, 0.25) is 5.95 Å². The van der Waals surface area contributed by atoms with E-state index in [1.165, 1.54) is 6.07 Å². The number of rotatable bonds is 7. The van der Waals surface area contributed by atoms with Gasteiger partial charge in [-0.25, -0.2) is 9.97 Å². The quantitative estimate of drug-likeness (QED) is 0.628. The van der Waals surface area contributed by atoms with Crippen LogP contribution in [0.2, 0.25) is 5.02 Å². The van der Waals surface area contributed by atoms with E-state index in [9.17, 15) is 5.11 Å². The van der Waals surface area contributed by atoms with Gasteiger partial charge in [0.05, 0.1) is 5.69 Å². The first-order valence-corrected chi connectivity index (χ1v) is 9.55. The second kappa shape index (κ2) is 8.58. The Kier molecular flexibility index (Phi) is 6.16. The van der Waals surface area contributed by atoms with Gasteiger partial charge in [0.15, 0.2) is 0 Å². The lowest BCUT2D eigenvalue weighted by atomic mass is 10.1. The van der Waals surface area contributed by atoms with Gasteiger partial charge < -0.3 is 15.3 Å². The Morgan fingerprint density at radius 3 is 2.75 bits per heavy atom. The summed E-state index contributed by atoms with van der Waals surface area (Å²) in [6, 6.07) is 6.99. The van der Waals surface area contributed by atoms with Crippen molar-refractivity contribution < 1.29 is 5.11 Å². The number of anilines is 1. The number of phenols is 1. The largest absolute Gasteiger partial charge is 0.508 e. The smallest absolute Gasteiger partial charge is 0.223 e. The van der Waals surface area contributed by atoms with Crippen LogP contribution in [0.1, 0.15) is 13.8 Å². The molecule has 2 heterocycles. The Morgan fingerprint density at radius 1 is 1.29 bits per heavy atom. The number of benzene rings is 1. The van der Waals surface area contributed by atoms with E-state index < -0.39 is 0 Å². The van der Waals surface area contributed by atoms with E-state index in [2.05, 4.69) is 32.2 Å². The molecule has 7 nitrogen and oxygen atoms in total.